The summed E-state index contributed by atoms with van der Waals surface area (Å²) in [6.45, 7) is -0.0133. The van der Waals surface area contributed by atoms with Gasteiger partial charge in [0.1, 0.15) is 6.54 Å². The van der Waals surface area contributed by atoms with Crippen LogP contribution in [-0.2, 0) is 21.4 Å². The number of nitrogens with zero attached hydrogens (tertiary/aromatic N) is 1. The smallest absolute Gasteiger partial charge is 0.253 e. The number of benzene rings is 1. The van der Waals surface area contributed by atoms with E-state index >= 15 is 0 Å². The number of rotatable bonds is 3. The minimum atomic E-state index is -3.49. The molecule has 5 nitrogen and oxygen atoms in total. The van der Waals surface area contributed by atoms with Crippen molar-refractivity contribution in [1.29, 1.82) is 0 Å². The molecule has 2 rings (SSSR count). The van der Waals surface area contributed by atoms with Gasteiger partial charge >= 0.3 is 0 Å². The molecule has 0 aliphatic carbocycles. The van der Waals surface area contributed by atoms with E-state index < -0.39 is 15.9 Å². The lowest BCUT2D eigenvalue weighted by molar-refractivity contribution is -0.119. The maximum absolute atomic E-state index is 11.5. The third-order valence-electron chi connectivity index (χ3n) is 2.29. The molecule has 0 radical (unpaired) electrons. The number of amides is 1. The molecule has 17 heavy (non-hydrogen) atoms. The van der Waals surface area contributed by atoms with Crippen molar-refractivity contribution < 1.29 is 13.2 Å². The lowest BCUT2D eigenvalue weighted by Gasteiger charge is -2.05. The van der Waals surface area contributed by atoms with Gasteiger partial charge in [-0.05, 0) is 17.5 Å². The highest BCUT2D eigenvalue weighted by molar-refractivity contribution is 7.89. The van der Waals surface area contributed by atoms with Crippen molar-refractivity contribution in [3.63, 3.8) is 0 Å². The Hall–Kier alpha value is -1.82. The van der Waals surface area contributed by atoms with Crippen LogP contribution in [0.5, 0.6) is 0 Å². The molecular weight excluding hydrogens is 240 g/mol. The summed E-state index contributed by atoms with van der Waals surface area (Å²) in [7, 11) is -3.49. The largest absolute Gasteiger partial charge is 0.338 e. The average Bonchev–Trinajstić information content (AvgIpc) is 2.59. The van der Waals surface area contributed by atoms with E-state index in [-0.39, 0.29) is 6.54 Å². The highest BCUT2D eigenvalue weighted by Crippen LogP contribution is 2.14. The third-order valence-corrected chi connectivity index (χ3v) is 2.89. The number of hydrogen-bond acceptors (Lipinski definition) is 3. The second-order valence-corrected chi connectivity index (χ2v) is 5.55. The zero-order valence-corrected chi connectivity index (χ0v) is 10.1. The number of hydrogen-bond donors (Lipinski definition) is 1. The van der Waals surface area contributed by atoms with Crippen LogP contribution in [0.15, 0.2) is 36.5 Å². The van der Waals surface area contributed by atoms with E-state index in [0.717, 1.165) is 17.2 Å². The fourth-order valence-electron chi connectivity index (χ4n) is 1.67. The summed E-state index contributed by atoms with van der Waals surface area (Å²) in [5, 5.41) is 1.01. The SMILES string of the molecule is CS(=O)(=O)NC(=O)Cn1ccc2ccccc21. The van der Waals surface area contributed by atoms with E-state index in [9.17, 15) is 13.2 Å². The summed E-state index contributed by atoms with van der Waals surface area (Å²) in [4.78, 5) is 11.5. The molecule has 0 saturated carbocycles. The molecule has 90 valence electrons. The molecule has 6 heteroatoms. The molecule has 1 heterocycles. The van der Waals surface area contributed by atoms with E-state index in [4.69, 9.17) is 0 Å². The van der Waals surface area contributed by atoms with Crippen molar-refractivity contribution in [2.24, 2.45) is 0 Å². The summed E-state index contributed by atoms with van der Waals surface area (Å²) in [5.41, 5.74) is 0.899. The second-order valence-electron chi connectivity index (χ2n) is 3.80. The Labute approximate surface area is 99.1 Å². The van der Waals surface area contributed by atoms with Gasteiger partial charge in [-0.2, -0.15) is 0 Å². The number of para-hydroxylation sites is 1. The van der Waals surface area contributed by atoms with Crippen molar-refractivity contribution in [2.45, 2.75) is 6.54 Å². The molecule has 0 aliphatic rings. The van der Waals surface area contributed by atoms with Crippen LogP contribution >= 0.6 is 0 Å². The first-order chi connectivity index (χ1) is 7.96. The molecule has 0 atom stereocenters. The van der Waals surface area contributed by atoms with Crippen LogP contribution in [0.4, 0.5) is 0 Å². The molecular formula is C11H12N2O3S. The van der Waals surface area contributed by atoms with Gasteiger partial charge in [0, 0.05) is 11.7 Å². The van der Waals surface area contributed by atoms with Crippen LogP contribution in [0, 0.1) is 0 Å². The van der Waals surface area contributed by atoms with Gasteiger partial charge in [0.25, 0.3) is 5.91 Å². The van der Waals surface area contributed by atoms with E-state index in [1.807, 2.05) is 35.1 Å². The predicted octanol–water partition coefficient (Wildman–Crippen LogP) is 0.717. The summed E-state index contributed by atoms with van der Waals surface area (Å²) in [6, 6.07) is 9.46. The quantitative estimate of drug-likeness (QED) is 0.875. The molecule has 1 aromatic heterocycles. The first-order valence-electron chi connectivity index (χ1n) is 5.00. The monoisotopic (exact) mass is 252 g/mol. The Kier molecular flexibility index (Phi) is 2.89. The summed E-state index contributed by atoms with van der Waals surface area (Å²) < 4.78 is 25.4. The molecule has 0 fully saturated rings. The maximum atomic E-state index is 11.5. The van der Waals surface area contributed by atoms with Crippen LogP contribution in [0.25, 0.3) is 10.9 Å². The van der Waals surface area contributed by atoms with Gasteiger partial charge in [-0.3, -0.25) is 9.52 Å². The Morgan fingerprint density at radius 3 is 2.71 bits per heavy atom. The Morgan fingerprint density at radius 2 is 2.00 bits per heavy atom. The van der Waals surface area contributed by atoms with Gasteiger partial charge < -0.3 is 4.57 Å². The summed E-state index contributed by atoms with van der Waals surface area (Å²) in [5.74, 6) is -0.547. The molecule has 1 aromatic carbocycles. The lowest BCUT2D eigenvalue weighted by Crippen LogP contribution is -2.32. The minimum absolute atomic E-state index is 0.0133. The minimum Gasteiger partial charge on any atom is -0.338 e. The van der Waals surface area contributed by atoms with Gasteiger partial charge in [0.05, 0.1) is 6.26 Å². The van der Waals surface area contributed by atoms with E-state index in [0.29, 0.717) is 0 Å². The highest BCUT2D eigenvalue weighted by atomic mass is 32.2. The standard InChI is InChI=1S/C11H12N2O3S/c1-17(15,16)12-11(14)8-13-7-6-9-4-2-3-5-10(9)13/h2-7H,8H2,1H3,(H,12,14). The Balaban J connectivity index is 2.22. The van der Waals surface area contributed by atoms with E-state index in [1.54, 1.807) is 10.8 Å². The van der Waals surface area contributed by atoms with Crippen molar-refractivity contribution >= 4 is 26.8 Å². The number of carbonyl (C=O) groups is 1. The van der Waals surface area contributed by atoms with Crippen molar-refractivity contribution in [3.05, 3.63) is 36.5 Å². The molecule has 1 amide bonds. The zero-order chi connectivity index (χ0) is 12.5. The van der Waals surface area contributed by atoms with Gasteiger partial charge in [0.15, 0.2) is 0 Å². The van der Waals surface area contributed by atoms with Gasteiger partial charge in [-0.15, -0.1) is 0 Å². The van der Waals surface area contributed by atoms with Crippen molar-refractivity contribution in [1.82, 2.24) is 9.29 Å². The topological polar surface area (TPSA) is 68.2 Å². The summed E-state index contributed by atoms with van der Waals surface area (Å²) in [6.07, 6.45) is 2.71. The molecule has 0 saturated heterocycles. The first-order valence-corrected chi connectivity index (χ1v) is 6.89. The number of fused-ring (bicyclic) bond motifs is 1. The van der Waals surface area contributed by atoms with E-state index in [2.05, 4.69) is 0 Å². The predicted molar refractivity (Wildman–Crippen MR) is 64.9 cm³/mol. The van der Waals surface area contributed by atoms with Crippen LogP contribution in [0.1, 0.15) is 0 Å². The summed E-state index contributed by atoms with van der Waals surface area (Å²) >= 11 is 0. The molecule has 0 spiro atoms. The van der Waals surface area contributed by atoms with Crippen molar-refractivity contribution in [3.8, 4) is 0 Å². The highest BCUT2D eigenvalue weighted by Gasteiger charge is 2.10. The van der Waals surface area contributed by atoms with Crippen LogP contribution in [0.3, 0.4) is 0 Å². The maximum Gasteiger partial charge on any atom is 0.253 e. The van der Waals surface area contributed by atoms with Crippen LogP contribution in [-0.4, -0.2) is 25.1 Å². The zero-order valence-electron chi connectivity index (χ0n) is 9.25. The normalized spacial score (nSPS) is 11.6. The lowest BCUT2D eigenvalue weighted by atomic mass is 10.2. The molecule has 0 bridgehead atoms. The number of carbonyl (C=O) groups excluding carboxylic acids is 1. The molecule has 0 unspecified atom stereocenters. The van der Waals surface area contributed by atoms with Crippen LogP contribution < -0.4 is 4.72 Å². The average molecular weight is 252 g/mol. The number of sulfonamides is 1. The number of nitrogens with one attached hydrogen (secondary N) is 1. The Bertz CT molecular complexity index is 658. The van der Waals surface area contributed by atoms with Gasteiger partial charge in [-0.25, -0.2) is 8.42 Å². The van der Waals surface area contributed by atoms with E-state index in [1.165, 1.54) is 0 Å². The van der Waals surface area contributed by atoms with Crippen LogP contribution in [0.2, 0.25) is 0 Å². The third kappa shape index (κ3) is 2.85. The molecule has 0 aliphatic heterocycles. The first kappa shape index (κ1) is 11.7. The van der Waals surface area contributed by atoms with Gasteiger partial charge in [0.2, 0.25) is 10.0 Å². The van der Waals surface area contributed by atoms with Gasteiger partial charge in [-0.1, -0.05) is 18.2 Å². The Morgan fingerprint density at radius 1 is 1.29 bits per heavy atom. The van der Waals surface area contributed by atoms with Crippen molar-refractivity contribution in [2.75, 3.05) is 6.26 Å². The molecule has 2 aromatic rings. The fraction of sp³-hybridized carbons (Fsp3) is 0.182. The molecule has 1 N–H and O–H groups in total. The fourth-order valence-corrected chi connectivity index (χ4v) is 2.15. The number of aromatic nitrogens is 1. The second kappa shape index (κ2) is 4.21.